The first-order valence-electron chi connectivity index (χ1n) is 8.70. The molecule has 1 aromatic heterocycles. The summed E-state index contributed by atoms with van der Waals surface area (Å²) in [5, 5.41) is 0.878. The van der Waals surface area contributed by atoms with Crippen LogP contribution < -0.4 is 10.4 Å². The van der Waals surface area contributed by atoms with Gasteiger partial charge in [0.1, 0.15) is 11.3 Å². The van der Waals surface area contributed by atoms with Crippen LogP contribution in [0.4, 0.5) is 0 Å². The van der Waals surface area contributed by atoms with E-state index >= 15 is 0 Å². The number of hydrogen-bond donors (Lipinski definition) is 0. The maximum atomic E-state index is 12.3. The van der Waals surface area contributed by atoms with Gasteiger partial charge in [-0.05, 0) is 53.6 Å². The van der Waals surface area contributed by atoms with Crippen LogP contribution in [0.1, 0.15) is 43.4 Å². The van der Waals surface area contributed by atoms with Crippen LogP contribution >= 0.6 is 0 Å². The molecular weight excluding hydrogens is 312 g/mol. The molecule has 0 amide bonds. The number of methoxy groups -OCH3 is 1. The number of benzene rings is 2. The van der Waals surface area contributed by atoms with E-state index in [1.165, 1.54) is 5.56 Å². The third-order valence-electron chi connectivity index (χ3n) is 4.80. The molecule has 0 spiro atoms. The third kappa shape index (κ3) is 3.07. The molecule has 3 aromatic rings. The van der Waals surface area contributed by atoms with Gasteiger partial charge < -0.3 is 9.15 Å². The van der Waals surface area contributed by atoms with Crippen LogP contribution in [-0.4, -0.2) is 7.11 Å². The highest BCUT2D eigenvalue weighted by Crippen LogP contribution is 2.35. The van der Waals surface area contributed by atoms with Crippen LogP contribution in [0.15, 0.2) is 45.6 Å². The van der Waals surface area contributed by atoms with E-state index in [1.54, 1.807) is 7.11 Å². The molecule has 0 N–H and O–H groups in total. The summed E-state index contributed by atoms with van der Waals surface area (Å²) in [5.41, 5.74) is 5.31. The second-order valence-electron chi connectivity index (χ2n) is 6.68. The summed E-state index contributed by atoms with van der Waals surface area (Å²) >= 11 is 0. The molecule has 25 heavy (non-hydrogen) atoms. The van der Waals surface area contributed by atoms with E-state index in [0.717, 1.165) is 27.8 Å². The predicted octanol–water partition coefficient (Wildman–Crippen LogP) is 5.46. The molecule has 0 aliphatic carbocycles. The number of ether oxygens (including phenoxy) is 1. The summed E-state index contributed by atoms with van der Waals surface area (Å²) in [6.45, 7) is 8.27. The van der Waals surface area contributed by atoms with Crippen LogP contribution in [0.2, 0.25) is 0 Å². The molecule has 3 heteroatoms. The molecule has 1 heterocycles. The molecule has 0 radical (unpaired) electrons. The first kappa shape index (κ1) is 17.3. The van der Waals surface area contributed by atoms with Gasteiger partial charge in [0.25, 0.3) is 0 Å². The van der Waals surface area contributed by atoms with Crippen molar-refractivity contribution >= 4 is 11.0 Å². The summed E-state index contributed by atoms with van der Waals surface area (Å²) in [6.07, 6.45) is 0.644. The Bertz CT molecular complexity index is 980. The monoisotopic (exact) mass is 336 g/mol. The summed E-state index contributed by atoms with van der Waals surface area (Å²) in [5.74, 6) is 1.19. The summed E-state index contributed by atoms with van der Waals surface area (Å²) in [6, 6.07) is 12.4. The Kier molecular flexibility index (Phi) is 4.67. The van der Waals surface area contributed by atoms with E-state index in [1.807, 2.05) is 26.0 Å². The van der Waals surface area contributed by atoms with Crippen molar-refractivity contribution in [3.8, 4) is 16.9 Å². The van der Waals surface area contributed by atoms with Crippen molar-refractivity contribution in [3.63, 3.8) is 0 Å². The second kappa shape index (κ2) is 6.75. The Morgan fingerprint density at radius 2 is 1.88 bits per heavy atom. The van der Waals surface area contributed by atoms with Gasteiger partial charge in [0.05, 0.1) is 12.5 Å². The quantitative estimate of drug-likeness (QED) is 0.594. The molecule has 0 aliphatic rings. The molecule has 0 fully saturated rings. The van der Waals surface area contributed by atoms with E-state index in [-0.39, 0.29) is 5.63 Å². The molecule has 130 valence electrons. The highest BCUT2D eigenvalue weighted by molar-refractivity contribution is 5.91. The van der Waals surface area contributed by atoms with Crippen LogP contribution in [0.5, 0.6) is 5.75 Å². The summed E-state index contributed by atoms with van der Waals surface area (Å²) in [4.78, 5) is 12.3. The zero-order valence-electron chi connectivity index (χ0n) is 15.5. The third-order valence-corrected chi connectivity index (χ3v) is 4.80. The lowest BCUT2D eigenvalue weighted by Gasteiger charge is -2.13. The molecule has 2 aromatic carbocycles. The standard InChI is InChI=1S/C22H24O3/c1-6-18-14(4)21-19(24-5)11-17(12-20(21)25-22(18)23)16-9-7-8-15(10-16)13(2)3/h7-13H,6H2,1-5H3. The summed E-state index contributed by atoms with van der Waals surface area (Å²) < 4.78 is 11.2. The highest BCUT2D eigenvalue weighted by atomic mass is 16.5. The van der Waals surface area contributed by atoms with E-state index in [2.05, 4.69) is 38.1 Å². The minimum Gasteiger partial charge on any atom is -0.496 e. The van der Waals surface area contributed by atoms with Crippen molar-refractivity contribution in [2.24, 2.45) is 0 Å². The zero-order chi connectivity index (χ0) is 18.1. The van der Waals surface area contributed by atoms with Crippen LogP contribution in [0.25, 0.3) is 22.1 Å². The van der Waals surface area contributed by atoms with Gasteiger partial charge in [0.15, 0.2) is 0 Å². The molecular formula is C22H24O3. The fourth-order valence-electron chi connectivity index (χ4n) is 3.32. The van der Waals surface area contributed by atoms with E-state index in [0.29, 0.717) is 23.5 Å². The summed E-state index contributed by atoms with van der Waals surface area (Å²) in [7, 11) is 1.65. The van der Waals surface area contributed by atoms with Gasteiger partial charge >= 0.3 is 5.63 Å². The van der Waals surface area contributed by atoms with E-state index in [9.17, 15) is 4.79 Å². The molecule has 0 bridgehead atoms. The first-order chi connectivity index (χ1) is 12.0. The van der Waals surface area contributed by atoms with Crippen molar-refractivity contribution < 1.29 is 9.15 Å². The normalized spacial score (nSPS) is 11.3. The first-order valence-corrected chi connectivity index (χ1v) is 8.70. The van der Waals surface area contributed by atoms with Crippen molar-refractivity contribution in [2.75, 3.05) is 7.11 Å². The Labute approximate surface area is 148 Å². The number of fused-ring (bicyclic) bond motifs is 1. The largest absolute Gasteiger partial charge is 0.496 e. The molecule has 0 aliphatic heterocycles. The Morgan fingerprint density at radius 1 is 1.12 bits per heavy atom. The van der Waals surface area contributed by atoms with Crippen molar-refractivity contribution in [1.82, 2.24) is 0 Å². The lowest BCUT2D eigenvalue weighted by atomic mass is 9.95. The lowest BCUT2D eigenvalue weighted by molar-refractivity contribution is 0.418. The Balaban J connectivity index is 2.29. The lowest BCUT2D eigenvalue weighted by Crippen LogP contribution is -2.09. The van der Waals surface area contributed by atoms with Crippen LogP contribution in [0, 0.1) is 6.92 Å². The van der Waals surface area contributed by atoms with Crippen molar-refractivity contribution in [3.05, 3.63) is 63.5 Å². The smallest absolute Gasteiger partial charge is 0.339 e. The minimum atomic E-state index is -0.261. The van der Waals surface area contributed by atoms with Crippen molar-refractivity contribution in [1.29, 1.82) is 0 Å². The van der Waals surface area contributed by atoms with Gasteiger partial charge in [-0.25, -0.2) is 4.79 Å². The average molecular weight is 336 g/mol. The average Bonchev–Trinajstić information content (AvgIpc) is 2.61. The van der Waals surface area contributed by atoms with Gasteiger partial charge in [0.2, 0.25) is 0 Å². The second-order valence-corrected chi connectivity index (χ2v) is 6.68. The molecule has 0 saturated heterocycles. The fourth-order valence-corrected chi connectivity index (χ4v) is 3.32. The van der Waals surface area contributed by atoms with Crippen LogP contribution in [0.3, 0.4) is 0 Å². The molecule has 0 unspecified atom stereocenters. The molecule has 3 nitrogen and oxygen atoms in total. The maximum absolute atomic E-state index is 12.3. The number of rotatable bonds is 4. The molecule has 3 rings (SSSR count). The van der Waals surface area contributed by atoms with E-state index < -0.39 is 0 Å². The van der Waals surface area contributed by atoms with E-state index in [4.69, 9.17) is 9.15 Å². The number of hydrogen-bond acceptors (Lipinski definition) is 3. The highest BCUT2D eigenvalue weighted by Gasteiger charge is 2.16. The number of aryl methyl sites for hydroxylation is 1. The van der Waals surface area contributed by atoms with Gasteiger partial charge in [-0.1, -0.05) is 45.0 Å². The maximum Gasteiger partial charge on any atom is 0.339 e. The Hall–Kier alpha value is -2.55. The minimum absolute atomic E-state index is 0.261. The van der Waals surface area contributed by atoms with Gasteiger partial charge in [0, 0.05) is 5.56 Å². The predicted molar refractivity (Wildman–Crippen MR) is 103 cm³/mol. The SMILES string of the molecule is CCc1c(C)c2c(OC)cc(-c3cccc(C(C)C)c3)cc2oc1=O. The van der Waals surface area contributed by atoms with Crippen LogP contribution in [-0.2, 0) is 6.42 Å². The van der Waals surface area contributed by atoms with Gasteiger partial charge in [-0.3, -0.25) is 0 Å². The molecule has 0 saturated carbocycles. The zero-order valence-corrected chi connectivity index (χ0v) is 15.5. The van der Waals surface area contributed by atoms with Gasteiger partial charge in [-0.15, -0.1) is 0 Å². The topological polar surface area (TPSA) is 39.4 Å². The van der Waals surface area contributed by atoms with Gasteiger partial charge in [-0.2, -0.15) is 0 Å². The molecule has 0 atom stereocenters. The fraction of sp³-hybridized carbons (Fsp3) is 0.318. The Morgan fingerprint density at radius 3 is 2.52 bits per heavy atom. The van der Waals surface area contributed by atoms with Crippen molar-refractivity contribution in [2.45, 2.75) is 40.0 Å².